The molecular weight excluding hydrogens is 442 g/mol. The van der Waals surface area contributed by atoms with Crippen molar-refractivity contribution in [1.82, 2.24) is 0 Å². The van der Waals surface area contributed by atoms with E-state index in [0.717, 1.165) is 8.95 Å². The summed E-state index contributed by atoms with van der Waals surface area (Å²) in [6, 6.07) is 9.09. The molecule has 0 aliphatic heterocycles. The van der Waals surface area contributed by atoms with Crippen molar-refractivity contribution < 1.29 is 9.21 Å². The molecule has 0 atom stereocenters. The van der Waals surface area contributed by atoms with Crippen LogP contribution in [0.25, 0.3) is 6.08 Å². The zero-order valence-corrected chi connectivity index (χ0v) is 14.2. The second-order valence-corrected chi connectivity index (χ2v) is 6.14. The molecule has 0 radical (unpaired) electrons. The highest BCUT2D eigenvalue weighted by molar-refractivity contribution is 9.11. The van der Waals surface area contributed by atoms with Gasteiger partial charge < -0.3 is 9.73 Å². The molecule has 0 bridgehead atoms. The molecule has 2 aromatic rings. The summed E-state index contributed by atoms with van der Waals surface area (Å²) in [6.45, 7) is 0. The van der Waals surface area contributed by atoms with Crippen molar-refractivity contribution in [2.24, 2.45) is 0 Å². The molecule has 0 fully saturated rings. The van der Waals surface area contributed by atoms with Crippen molar-refractivity contribution in [1.29, 1.82) is 0 Å². The van der Waals surface area contributed by atoms with Gasteiger partial charge in [0.1, 0.15) is 5.76 Å². The first-order valence-corrected chi connectivity index (χ1v) is 7.62. The Morgan fingerprint density at radius 2 is 1.95 bits per heavy atom. The minimum atomic E-state index is -0.230. The lowest BCUT2D eigenvalue weighted by molar-refractivity contribution is -0.111. The van der Waals surface area contributed by atoms with Gasteiger partial charge in [-0.1, -0.05) is 15.9 Å². The van der Waals surface area contributed by atoms with Crippen LogP contribution in [0.2, 0.25) is 0 Å². The molecule has 6 heteroatoms. The molecule has 0 spiro atoms. The van der Waals surface area contributed by atoms with Gasteiger partial charge in [0.25, 0.3) is 0 Å². The number of furan rings is 1. The van der Waals surface area contributed by atoms with Gasteiger partial charge in [-0.2, -0.15) is 0 Å². The van der Waals surface area contributed by atoms with Crippen molar-refractivity contribution >= 4 is 65.5 Å². The first kappa shape index (κ1) is 14.6. The highest BCUT2D eigenvalue weighted by Crippen LogP contribution is 2.26. The standard InChI is InChI=1S/C13H8Br3NO2/c14-8-1-4-10(15)11(7-8)17-13(18)6-3-9-2-5-12(16)19-9/h1-7H,(H,17,18)/b6-3+. The Kier molecular flexibility index (Phi) is 5.01. The van der Waals surface area contributed by atoms with Crippen LogP contribution in [0.4, 0.5) is 5.69 Å². The summed E-state index contributed by atoms with van der Waals surface area (Å²) in [7, 11) is 0. The summed E-state index contributed by atoms with van der Waals surface area (Å²) in [5.41, 5.74) is 0.699. The predicted molar refractivity (Wildman–Crippen MR) is 85.9 cm³/mol. The Labute approximate surface area is 135 Å². The van der Waals surface area contributed by atoms with E-state index in [1.54, 1.807) is 18.2 Å². The number of rotatable bonds is 3. The van der Waals surface area contributed by atoms with E-state index in [4.69, 9.17) is 4.42 Å². The minimum Gasteiger partial charge on any atom is -0.450 e. The van der Waals surface area contributed by atoms with E-state index in [1.807, 2.05) is 18.2 Å². The van der Waals surface area contributed by atoms with E-state index < -0.39 is 0 Å². The predicted octanol–water partition coefficient (Wildman–Crippen LogP) is 5.22. The number of nitrogens with one attached hydrogen (secondary N) is 1. The lowest BCUT2D eigenvalue weighted by Gasteiger charge is -2.05. The van der Waals surface area contributed by atoms with E-state index in [-0.39, 0.29) is 5.91 Å². The molecule has 3 nitrogen and oxygen atoms in total. The van der Waals surface area contributed by atoms with Gasteiger partial charge in [0.15, 0.2) is 4.67 Å². The first-order valence-electron chi connectivity index (χ1n) is 5.24. The monoisotopic (exact) mass is 447 g/mol. The zero-order valence-electron chi connectivity index (χ0n) is 9.49. The molecule has 1 aromatic heterocycles. The number of benzene rings is 1. The quantitative estimate of drug-likeness (QED) is 0.653. The maximum absolute atomic E-state index is 11.8. The Balaban J connectivity index is 2.05. The molecule has 19 heavy (non-hydrogen) atoms. The Hall–Kier alpha value is -0.850. The van der Waals surface area contributed by atoms with Crippen LogP contribution in [0.1, 0.15) is 5.76 Å². The van der Waals surface area contributed by atoms with Gasteiger partial charge in [0.05, 0.1) is 5.69 Å². The van der Waals surface area contributed by atoms with E-state index in [1.165, 1.54) is 6.08 Å². The maximum atomic E-state index is 11.8. The van der Waals surface area contributed by atoms with Crippen LogP contribution in [-0.4, -0.2) is 5.91 Å². The SMILES string of the molecule is O=C(/C=C/c1ccc(Br)o1)Nc1cc(Br)ccc1Br. The van der Waals surface area contributed by atoms with Gasteiger partial charge in [-0.15, -0.1) is 0 Å². The van der Waals surface area contributed by atoms with Crippen LogP contribution in [0, 0.1) is 0 Å². The molecular formula is C13H8Br3NO2. The first-order chi connectivity index (χ1) is 9.04. The van der Waals surface area contributed by atoms with Crippen molar-refractivity contribution in [3.05, 3.63) is 55.8 Å². The van der Waals surface area contributed by atoms with Crippen LogP contribution in [-0.2, 0) is 4.79 Å². The molecule has 1 amide bonds. The largest absolute Gasteiger partial charge is 0.450 e. The molecule has 0 saturated carbocycles. The van der Waals surface area contributed by atoms with E-state index >= 15 is 0 Å². The van der Waals surface area contributed by atoms with Gasteiger partial charge >= 0.3 is 0 Å². The number of carbonyl (C=O) groups excluding carboxylic acids is 1. The number of amides is 1. The van der Waals surface area contributed by atoms with E-state index in [2.05, 4.69) is 53.1 Å². The molecule has 0 unspecified atom stereocenters. The molecule has 1 aromatic carbocycles. The number of halogens is 3. The maximum Gasteiger partial charge on any atom is 0.248 e. The van der Waals surface area contributed by atoms with Gasteiger partial charge in [-0.25, -0.2) is 0 Å². The smallest absolute Gasteiger partial charge is 0.248 e. The summed E-state index contributed by atoms with van der Waals surface area (Å²) in [4.78, 5) is 11.8. The van der Waals surface area contributed by atoms with Crippen LogP contribution >= 0.6 is 47.8 Å². The van der Waals surface area contributed by atoms with Crippen LogP contribution < -0.4 is 5.32 Å². The van der Waals surface area contributed by atoms with E-state index in [9.17, 15) is 4.79 Å². The molecule has 2 rings (SSSR count). The fourth-order valence-corrected chi connectivity index (χ4v) is 2.37. The van der Waals surface area contributed by atoms with Gasteiger partial charge in [0, 0.05) is 15.0 Å². The fourth-order valence-electron chi connectivity index (χ4n) is 1.34. The van der Waals surface area contributed by atoms with Crippen LogP contribution in [0.5, 0.6) is 0 Å². The number of carbonyl (C=O) groups is 1. The van der Waals surface area contributed by atoms with Crippen LogP contribution in [0.15, 0.2) is 54.4 Å². The summed E-state index contributed by atoms with van der Waals surface area (Å²) in [5, 5.41) is 2.77. The Morgan fingerprint density at radius 1 is 1.16 bits per heavy atom. The number of anilines is 1. The third kappa shape index (κ3) is 4.33. The highest BCUT2D eigenvalue weighted by atomic mass is 79.9. The summed E-state index contributed by atoms with van der Waals surface area (Å²) in [5.74, 6) is 0.377. The molecule has 1 N–H and O–H groups in total. The summed E-state index contributed by atoms with van der Waals surface area (Å²) < 4.78 is 7.60. The van der Waals surface area contributed by atoms with E-state index in [0.29, 0.717) is 16.1 Å². The molecule has 1 heterocycles. The van der Waals surface area contributed by atoms with Crippen molar-refractivity contribution in [2.45, 2.75) is 0 Å². The Bertz CT molecular complexity index is 635. The Morgan fingerprint density at radius 3 is 2.63 bits per heavy atom. The minimum absolute atomic E-state index is 0.230. The molecule has 0 saturated heterocycles. The normalized spacial score (nSPS) is 10.9. The van der Waals surface area contributed by atoms with Crippen molar-refractivity contribution in [2.75, 3.05) is 5.32 Å². The number of hydrogen-bond acceptors (Lipinski definition) is 2. The molecule has 0 aliphatic rings. The second-order valence-electron chi connectivity index (χ2n) is 3.59. The average molecular weight is 450 g/mol. The lowest BCUT2D eigenvalue weighted by Crippen LogP contribution is -2.08. The van der Waals surface area contributed by atoms with Gasteiger partial charge in [-0.3, -0.25) is 4.79 Å². The molecule has 98 valence electrons. The third-order valence-electron chi connectivity index (χ3n) is 2.18. The molecule has 0 aliphatic carbocycles. The topological polar surface area (TPSA) is 42.2 Å². The third-order valence-corrected chi connectivity index (χ3v) is 3.79. The average Bonchev–Trinajstić information content (AvgIpc) is 2.77. The van der Waals surface area contributed by atoms with Gasteiger partial charge in [-0.05, 0) is 68.3 Å². The zero-order chi connectivity index (χ0) is 13.8. The number of hydrogen-bond donors (Lipinski definition) is 1. The highest BCUT2D eigenvalue weighted by Gasteiger charge is 2.04. The summed E-state index contributed by atoms with van der Waals surface area (Å²) >= 11 is 9.93. The second kappa shape index (κ2) is 6.54. The van der Waals surface area contributed by atoms with Crippen LogP contribution in [0.3, 0.4) is 0 Å². The lowest BCUT2D eigenvalue weighted by atomic mass is 10.3. The summed E-state index contributed by atoms with van der Waals surface area (Å²) in [6.07, 6.45) is 3.02. The van der Waals surface area contributed by atoms with Crippen molar-refractivity contribution in [3.8, 4) is 0 Å². The van der Waals surface area contributed by atoms with Gasteiger partial charge in [0.2, 0.25) is 5.91 Å². The fraction of sp³-hybridized carbons (Fsp3) is 0. The van der Waals surface area contributed by atoms with Crippen molar-refractivity contribution in [3.63, 3.8) is 0 Å².